The number of aryl methyl sites for hydroxylation is 1. The number of benzene rings is 1. The molecule has 0 spiro atoms. The van der Waals surface area contributed by atoms with Crippen LogP contribution in [0.4, 0.5) is 0 Å². The van der Waals surface area contributed by atoms with E-state index in [1.54, 1.807) is 12.4 Å². The number of halogens is 1. The molecule has 1 aliphatic rings. The minimum atomic E-state index is 0.110. The highest BCUT2D eigenvalue weighted by atomic mass is 79.9. The summed E-state index contributed by atoms with van der Waals surface area (Å²) in [5, 5.41) is 0. The van der Waals surface area contributed by atoms with Gasteiger partial charge in [0.1, 0.15) is 0 Å². The number of nitrogens with zero attached hydrogens (tertiary/aromatic N) is 2. The molecule has 3 rings (SSSR count). The highest BCUT2D eigenvalue weighted by Crippen LogP contribution is 2.30. The lowest BCUT2D eigenvalue weighted by atomic mass is 10.1. The summed E-state index contributed by atoms with van der Waals surface area (Å²) < 4.78 is 0.950. The first-order chi connectivity index (χ1) is 10.1. The molecule has 0 N–H and O–H groups in total. The third kappa shape index (κ3) is 3.50. The predicted molar refractivity (Wildman–Crippen MR) is 86.0 cm³/mol. The van der Waals surface area contributed by atoms with Crippen molar-refractivity contribution in [3.8, 4) is 0 Å². The first-order valence-corrected chi connectivity index (χ1v) is 7.90. The van der Waals surface area contributed by atoms with Gasteiger partial charge in [0.05, 0.1) is 0 Å². The lowest BCUT2D eigenvalue weighted by molar-refractivity contribution is 0.0729. The van der Waals surface area contributed by atoms with Crippen LogP contribution in [0.1, 0.15) is 34.3 Å². The highest BCUT2D eigenvalue weighted by molar-refractivity contribution is 9.10. The lowest BCUT2D eigenvalue weighted by Crippen LogP contribution is -2.32. The molecule has 0 saturated heterocycles. The summed E-state index contributed by atoms with van der Waals surface area (Å²) in [5.41, 5.74) is 2.96. The molecule has 1 aliphatic carbocycles. The Kier molecular flexibility index (Phi) is 4.06. The summed E-state index contributed by atoms with van der Waals surface area (Å²) in [6, 6.07) is 10.2. The number of pyridine rings is 1. The molecule has 4 heteroatoms. The van der Waals surface area contributed by atoms with E-state index in [1.807, 2.05) is 42.2 Å². The van der Waals surface area contributed by atoms with Crippen molar-refractivity contribution in [1.29, 1.82) is 0 Å². The Balaban J connectivity index is 1.85. The summed E-state index contributed by atoms with van der Waals surface area (Å²) >= 11 is 3.47. The van der Waals surface area contributed by atoms with Gasteiger partial charge in [0.15, 0.2) is 0 Å². The zero-order valence-corrected chi connectivity index (χ0v) is 13.5. The minimum absolute atomic E-state index is 0.110. The van der Waals surface area contributed by atoms with Crippen LogP contribution < -0.4 is 0 Å². The Morgan fingerprint density at radius 3 is 2.62 bits per heavy atom. The van der Waals surface area contributed by atoms with E-state index in [-0.39, 0.29) is 5.91 Å². The van der Waals surface area contributed by atoms with Gasteiger partial charge in [0, 0.05) is 35.0 Å². The maximum absolute atomic E-state index is 12.8. The maximum Gasteiger partial charge on any atom is 0.254 e. The van der Waals surface area contributed by atoms with Crippen LogP contribution in [0.15, 0.2) is 47.2 Å². The second kappa shape index (κ2) is 5.98. The fraction of sp³-hybridized carbons (Fsp3) is 0.294. The van der Waals surface area contributed by atoms with E-state index < -0.39 is 0 Å². The molecule has 0 atom stereocenters. The molecule has 108 valence electrons. The average Bonchev–Trinajstić information content (AvgIpc) is 3.29. The molecule has 3 nitrogen and oxygen atoms in total. The van der Waals surface area contributed by atoms with Crippen molar-refractivity contribution in [2.24, 2.45) is 0 Å². The van der Waals surface area contributed by atoms with E-state index in [0.717, 1.165) is 34.0 Å². The van der Waals surface area contributed by atoms with Gasteiger partial charge in [-0.2, -0.15) is 0 Å². The molecule has 1 amide bonds. The van der Waals surface area contributed by atoms with Crippen LogP contribution in [0, 0.1) is 6.92 Å². The molecule has 1 aromatic heterocycles. The minimum Gasteiger partial charge on any atom is -0.331 e. The molecule has 1 aromatic carbocycles. The van der Waals surface area contributed by atoms with Crippen molar-refractivity contribution in [3.63, 3.8) is 0 Å². The van der Waals surface area contributed by atoms with Crippen molar-refractivity contribution in [3.05, 3.63) is 63.9 Å². The van der Waals surface area contributed by atoms with Gasteiger partial charge in [0.25, 0.3) is 5.91 Å². The van der Waals surface area contributed by atoms with Gasteiger partial charge in [-0.05, 0) is 61.2 Å². The second-order valence-electron chi connectivity index (χ2n) is 5.54. The highest BCUT2D eigenvalue weighted by Gasteiger charge is 2.33. The molecule has 2 aromatic rings. The summed E-state index contributed by atoms with van der Waals surface area (Å²) in [4.78, 5) is 18.8. The largest absolute Gasteiger partial charge is 0.331 e. The van der Waals surface area contributed by atoms with Crippen molar-refractivity contribution < 1.29 is 4.79 Å². The number of hydrogen-bond donors (Lipinski definition) is 0. The molecular formula is C17H17BrN2O. The Hall–Kier alpha value is -1.68. The number of carbonyl (C=O) groups excluding carboxylic acids is 1. The standard InChI is InChI=1S/C17H17BrN2O/c1-12-8-14(10-15(18)9-12)17(21)20(16-2-3-16)11-13-4-6-19-7-5-13/h4-10,16H,2-3,11H2,1H3. The van der Waals surface area contributed by atoms with Crippen LogP contribution in [-0.4, -0.2) is 21.8 Å². The summed E-state index contributed by atoms with van der Waals surface area (Å²) in [5.74, 6) is 0.110. The zero-order chi connectivity index (χ0) is 14.8. The van der Waals surface area contributed by atoms with Crippen molar-refractivity contribution in [2.45, 2.75) is 32.4 Å². The fourth-order valence-corrected chi connectivity index (χ4v) is 3.07. The monoisotopic (exact) mass is 344 g/mol. The summed E-state index contributed by atoms with van der Waals surface area (Å²) in [7, 11) is 0. The fourth-order valence-electron chi connectivity index (χ4n) is 2.46. The third-order valence-corrected chi connectivity index (χ3v) is 4.10. The molecule has 0 unspecified atom stereocenters. The van der Waals surface area contributed by atoms with E-state index in [9.17, 15) is 4.79 Å². The molecular weight excluding hydrogens is 328 g/mol. The first-order valence-electron chi connectivity index (χ1n) is 7.10. The molecule has 1 heterocycles. The number of hydrogen-bond acceptors (Lipinski definition) is 2. The molecule has 21 heavy (non-hydrogen) atoms. The van der Waals surface area contributed by atoms with Crippen LogP contribution in [0.5, 0.6) is 0 Å². The third-order valence-electron chi connectivity index (χ3n) is 3.64. The van der Waals surface area contributed by atoms with Crippen LogP contribution in [0.25, 0.3) is 0 Å². The Morgan fingerprint density at radius 1 is 1.29 bits per heavy atom. The van der Waals surface area contributed by atoms with Gasteiger partial charge < -0.3 is 4.90 Å². The van der Waals surface area contributed by atoms with E-state index in [4.69, 9.17) is 0 Å². The van der Waals surface area contributed by atoms with Crippen LogP contribution >= 0.6 is 15.9 Å². The zero-order valence-electron chi connectivity index (χ0n) is 11.9. The van der Waals surface area contributed by atoms with Crippen LogP contribution in [0.2, 0.25) is 0 Å². The number of amides is 1. The van der Waals surface area contributed by atoms with Gasteiger partial charge in [-0.15, -0.1) is 0 Å². The molecule has 0 bridgehead atoms. The second-order valence-corrected chi connectivity index (χ2v) is 6.45. The molecule has 1 fully saturated rings. The quantitative estimate of drug-likeness (QED) is 0.840. The van der Waals surface area contributed by atoms with Crippen LogP contribution in [0.3, 0.4) is 0 Å². The number of rotatable bonds is 4. The van der Waals surface area contributed by atoms with Crippen LogP contribution in [-0.2, 0) is 6.54 Å². The van der Waals surface area contributed by atoms with E-state index in [0.29, 0.717) is 12.6 Å². The maximum atomic E-state index is 12.8. The lowest BCUT2D eigenvalue weighted by Gasteiger charge is -2.23. The SMILES string of the molecule is Cc1cc(Br)cc(C(=O)N(Cc2ccncc2)C2CC2)c1. The van der Waals surface area contributed by atoms with E-state index in [2.05, 4.69) is 20.9 Å². The number of aromatic nitrogens is 1. The van der Waals surface area contributed by atoms with Gasteiger partial charge in [-0.3, -0.25) is 9.78 Å². The van der Waals surface area contributed by atoms with Gasteiger partial charge in [-0.25, -0.2) is 0 Å². The average molecular weight is 345 g/mol. The summed E-state index contributed by atoms with van der Waals surface area (Å²) in [6.07, 6.45) is 5.75. The molecule has 0 radical (unpaired) electrons. The Morgan fingerprint density at radius 2 is 2.00 bits per heavy atom. The normalized spacial score (nSPS) is 14.0. The Labute approximate surface area is 133 Å². The van der Waals surface area contributed by atoms with Crippen molar-refractivity contribution >= 4 is 21.8 Å². The topological polar surface area (TPSA) is 33.2 Å². The summed E-state index contributed by atoms with van der Waals surface area (Å²) in [6.45, 7) is 2.66. The van der Waals surface area contributed by atoms with Crippen molar-refractivity contribution in [2.75, 3.05) is 0 Å². The first kappa shape index (κ1) is 14.3. The molecule has 1 saturated carbocycles. The molecule has 0 aliphatic heterocycles. The predicted octanol–water partition coefficient (Wildman–Crippen LogP) is 3.96. The van der Waals surface area contributed by atoms with Gasteiger partial charge >= 0.3 is 0 Å². The number of carbonyl (C=O) groups is 1. The van der Waals surface area contributed by atoms with Gasteiger partial charge in [-0.1, -0.05) is 15.9 Å². The van der Waals surface area contributed by atoms with E-state index in [1.165, 1.54) is 0 Å². The smallest absolute Gasteiger partial charge is 0.254 e. The van der Waals surface area contributed by atoms with Crippen molar-refractivity contribution in [1.82, 2.24) is 9.88 Å². The van der Waals surface area contributed by atoms with E-state index >= 15 is 0 Å². The Bertz CT molecular complexity index is 633. The van der Waals surface area contributed by atoms with Gasteiger partial charge in [0.2, 0.25) is 0 Å².